The van der Waals surface area contributed by atoms with Gasteiger partial charge in [0.1, 0.15) is 0 Å². The lowest BCUT2D eigenvalue weighted by Crippen LogP contribution is -1.70. The maximum absolute atomic E-state index is 8.33. The van der Waals surface area contributed by atoms with E-state index in [1.807, 2.05) is 0 Å². The summed E-state index contributed by atoms with van der Waals surface area (Å²) in [5.74, 6) is 0.0605. The van der Waals surface area contributed by atoms with Gasteiger partial charge < -0.3 is 10.2 Å². The van der Waals surface area contributed by atoms with Gasteiger partial charge in [0.15, 0.2) is 0 Å². The maximum Gasteiger partial charge on any atom is 0.0889 e. The van der Waals surface area contributed by atoms with Gasteiger partial charge in [-0.25, -0.2) is 0 Å². The Morgan fingerprint density at radius 1 is 1.71 bits per heavy atom. The van der Waals surface area contributed by atoms with Crippen molar-refractivity contribution in [1.29, 1.82) is 0 Å². The standard InChI is InChI=1S/C5H8O2/c1-5(7)3-2-4-6/h2,4,6-7H,1,3H2. The minimum atomic E-state index is 0.0605. The molecule has 0 aromatic rings. The second-order valence-corrected chi connectivity index (χ2v) is 1.16. The van der Waals surface area contributed by atoms with Crippen LogP contribution in [0.15, 0.2) is 24.7 Å². The topological polar surface area (TPSA) is 40.5 Å². The lowest BCUT2D eigenvalue weighted by atomic mass is 10.4. The third kappa shape index (κ3) is 5.08. The van der Waals surface area contributed by atoms with Crippen molar-refractivity contribution in [1.82, 2.24) is 0 Å². The van der Waals surface area contributed by atoms with Crippen LogP contribution in [-0.2, 0) is 0 Å². The maximum atomic E-state index is 8.33. The molecule has 0 fully saturated rings. The van der Waals surface area contributed by atoms with Crippen molar-refractivity contribution < 1.29 is 10.2 Å². The third-order valence-electron chi connectivity index (χ3n) is 0.459. The summed E-state index contributed by atoms with van der Waals surface area (Å²) in [6, 6.07) is 0. The Hall–Kier alpha value is -0.920. The van der Waals surface area contributed by atoms with Crippen LogP contribution in [0.4, 0.5) is 0 Å². The van der Waals surface area contributed by atoms with Gasteiger partial charge in [0.2, 0.25) is 0 Å². The molecule has 0 unspecified atom stereocenters. The molecule has 40 valence electrons. The van der Waals surface area contributed by atoms with Crippen LogP contribution in [0.25, 0.3) is 0 Å². The highest BCUT2D eigenvalue weighted by Crippen LogP contribution is 1.90. The van der Waals surface area contributed by atoms with Crippen LogP contribution >= 0.6 is 0 Å². The van der Waals surface area contributed by atoms with E-state index in [1.54, 1.807) is 0 Å². The Kier molecular flexibility index (Phi) is 2.85. The highest BCUT2D eigenvalue weighted by Gasteiger charge is 1.77. The van der Waals surface area contributed by atoms with Gasteiger partial charge in [-0.15, -0.1) is 0 Å². The quantitative estimate of drug-likeness (QED) is 0.516. The average molecular weight is 100 g/mol. The Labute approximate surface area is 42.4 Å². The Morgan fingerprint density at radius 2 is 2.29 bits per heavy atom. The van der Waals surface area contributed by atoms with Crippen LogP contribution in [-0.4, -0.2) is 10.2 Å². The fourth-order valence-corrected chi connectivity index (χ4v) is 0.189. The van der Waals surface area contributed by atoms with Gasteiger partial charge in [-0.05, 0) is 6.08 Å². The van der Waals surface area contributed by atoms with Crippen molar-refractivity contribution in [3.05, 3.63) is 24.7 Å². The molecule has 0 saturated heterocycles. The fraction of sp³-hybridized carbons (Fsp3) is 0.200. The molecule has 0 bridgehead atoms. The van der Waals surface area contributed by atoms with E-state index in [4.69, 9.17) is 10.2 Å². The van der Waals surface area contributed by atoms with Gasteiger partial charge in [-0.2, -0.15) is 0 Å². The van der Waals surface area contributed by atoms with Crippen LogP contribution in [0.1, 0.15) is 6.42 Å². The molecule has 0 aliphatic carbocycles. The van der Waals surface area contributed by atoms with Crippen LogP contribution in [0, 0.1) is 0 Å². The number of aliphatic hydroxyl groups is 2. The van der Waals surface area contributed by atoms with Gasteiger partial charge in [0, 0.05) is 6.42 Å². The van der Waals surface area contributed by atoms with E-state index in [0.29, 0.717) is 6.42 Å². The average Bonchev–Trinajstić information content (AvgIpc) is 1.61. The highest BCUT2D eigenvalue weighted by atomic mass is 16.3. The molecule has 0 aromatic carbocycles. The van der Waals surface area contributed by atoms with Crippen molar-refractivity contribution in [2.45, 2.75) is 6.42 Å². The van der Waals surface area contributed by atoms with Crippen molar-refractivity contribution in [2.24, 2.45) is 0 Å². The molecule has 0 heterocycles. The zero-order valence-corrected chi connectivity index (χ0v) is 3.96. The van der Waals surface area contributed by atoms with E-state index in [9.17, 15) is 0 Å². The number of allylic oxidation sites excluding steroid dienone is 1. The molecule has 0 aromatic heterocycles. The molecule has 0 atom stereocenters. The van der Waals surface area contributed by atoms with E-state index in [2.05, 4.69) is 6.58 Å². The lowest BCUT2D eigenvalue weighted by molar-refractivity contribution is 0.401. The highest BCUT2D eigenvalue weighted by molar-refractivity contribution is 4.89. The number of aliphatic hydroxyl groups excluding tert-OH is 2. The van der Waals surface area contributed by atoms with Gasteiger partial charge in [0.05, 0.1) is 12.0 Å². The van der Waals surface area contributed by atoms with Gasteiger partial charge in [-0.3, -0.25) is 0 Å². The Bertz CT molecular complexity index is 84.1. The van der Waals surface area contributed by atoms with Crippen molar-refractivity contribution >= 4 is 0 Å². The Morgan fingerprint density at radius 3 is 2.43 bits per heavy atom. The molecule has 0 aliphatic heterocycles. The molecule has 0 amide bonds. The van der Waals surface area contributed by atoms with E-state index in [-0.39, 0.29) is 5.76 Å². The summed E-state index contributed by atoms with van der Waals surface area (Å²) in [5, 5.41) is 16.3. The van der Waals surface area contributed by atoms with E-state index < -0.39 is 0 Å². The van der Waals surface area contributed by atoms with Gasteiger partial charge in [-0.1, -0.05) is 6.58 Å². The van der Waals surface area contributed by atoms with Crippen molar-refractivity contribution in [2.75, 3.05) is 0 Å². The molecule has 0 rings (SSSR count). The second-order valence-electron chi connectivity index (χ2n) is 1.16. The van der Waals surface area contributed by atoms with Crippen molar-refractivity contribution in [3.63, 3.8) is 0 Å². The number of hydrogen-bond acceptors (Lipinski definition) is 2. The minimum absolute atomic E-state index is 0.0605. The molecule has 0 aliphatic rings. The van der Waals surface area contributed by atoms with Gasteiger partial charge >= 0.3 is 0 Å². The first-order valence-electron chi connectivity index (χ1n) is 1.93. The summed E-state index contributed by atoms with van der Waals surface area (Å²) in [4.78, 5) is 0. The zero-order chi connectivity index (χ0) is 5.70. The SMILES string of the molecule is C=C(O)CC=CO. The van der Waals surface area contributed by atoms with Crippen LogP contribution in [0.5, 0.6) is 0 Å². The summed E-state index contributed by atoms with van der Waals surface area (Å²) in [5.41, 5.74) is 0. The van der Waals surface area contributed by atoms with E-state index >= 15 is 0 Å². The van der Waals surface area contributed by atoms with Crippen LogP contribution < -0.4 is 0 Å². The first kappa shape index (κ1) is 6.08. The summed E-state index contributed by atoms with van der Waals surface area (Å²) < 4.78 is 0. The molecule has 0 radical (unpaired) electrons. The molecule has 2 heteroatoms. The third-order valence-corrected chi connectivity index (χ3v) is 0.459. The summed E-state index contributed by atoms with van der Waals surface area (Å²) in [6.45, 7) is 3.19. The largest absolute Gasteiger partial charge is 0.516 e. The molecule has 2 nitrogen and oxygen atoms in total. The van der Waals surface area contributed by atoms with Crippen molar-refractivity contribution in [3.8, 4) is 0 Å². The smallest absolute Gasteiger partial charge is 0.0889 e. The molecular weight excluding hydrogens is 92.1 g/mol. The van der Waals surface area contributed by atoms with Crippen LogP contribution in [0.3, 0.4) is 0 Å². The lowest BCUT2D eigenvalue weighted by Gasteiger charge is -1.84. The van der Waals surface area contributed by atoms with E-state index in [1.165, 1.54) is 6.08 Å². The first-order chi connectivity index (χ1) is 3.27. The molecule has 0 saturated carbocycles. The van der Waals surface area contributed by atoms with Gasteiger partial charge in [0.25, 0.3) is 0 Å². The zero-order valence-electron chi connectivity index (χ0n) is 3.96. The first-order valence-corrected chi connectivity index (χ1v) is 1.93. The van der Waals surface area contributed by atoms with Crippen LogP contribution in [0.2, 0.25) is 0 Å². The molecule has 0 spiro atoms. The summed E-state index contributed by atoms with van der Waals surface area (Å²) in [7, 11) is 0. The minimum Gasteiger partial charge on any atom is -0.516 e. The molecule has 7 heavy (non-hydrogen) atoms. The fourth-order valence-electron chi connectivity index (χ4n) is 0.189. The predicted molar refractivity (Wildman–Crippen MR) is 28.2 cm³/mol. The number of rotatable bonds is 2. The van der Waals surface area contributed by atoms with E-state index in [0.717, 1.165) is 6.26 Å². The normalized spacial score (nSPS) is 9.71. The molecular formula is C5H8O2. The monoisotopic (exact) mass is 100 g/mol. The predicted octanol–water partition coefficient (Wildman–Crippen LogP) is 1.52. The summed E-state index contributed by atoms with van der Waals surface area (Å²) in [6.07, 6.45) is 2.61. The second kappa shape index (κ2) is 3.28. The molecule has 2 N–H and O–H groups in total. The summed E-state index contributed by atoms with van der Waals surface area (Å²) >= 11 is 0. The number of hydrogen-bond donors (Lipinski definition) is 2. The Balaban J connectivity index is 3.14.